The number of likely N-dealkylation sites (N-methyl/N-ethyl adjacent to an activating group) is 1. The first-order valence-electron chi connectivity index (χ1n) is 24.5. The zero-order chi connectivity index (χ0) is 50.3. The van der Waals surface area contributed by atoms with Crippen molar-refractivity contribution >= 4 is 63.5 Å². The average Bonchev–Trinajstić information content (AvgIpc) is 4.24. The molecule has 372 valence electrons. The van der Waals surface area contributed by atoms with Crippen LogP contribution in [0.1, 0.15) is 37.8 Å². The zero-order valence-electron chi connectivity index (χ0n) is 41.6. The Hall–Kier alpha value is -7.85. The zero-order valence-corrected chi connectivity index (χ0v) is 41.6. The lowest BCUT2D eigenvalue weighted by Gasteiger charge is -2.28. The number of benzene rings is 5. The Bertz CT molecular complexity index is 2800. The molecule has 1 aliphatic carbocycles. The number of guanidine groups is 1. The molecule has 0 spiro atoms. The molecule has 15 nitrogen and oxygen atoms in total. The summed E-state index contributed by atoms with van der Waals surface area (Å²) in [5.74, 6) is 0.822. The van der Waals surface area contributed by atoms with E-state index in [1.165, 1.54) is 5.69 Å². The Morgan fingerprint density at radius 2 is 1.25 bits per heavy atom. The normalized spacial score (nSPS) is 16.1. The van der Waals surface area contributed by atoms with Crippen molar-refractivity contribution in [3.8, 4) is 11.3 Å². The van der Waals surface area contributed by atoms with Gasteiger partial charge in [-0.25, -0.2) is 15.0 Å². The predicted molar refractivity (Wildman–Crippen MR) is 292 cm³/mol. The molecule has 1 atom stereocenters. The number of rotatable bonds is 15. The van der Waals surface area contributed by atoms with Crippen molar-refractivity contribution in [3.05, 3.63) is 169 Å². The highest BCUT2D eigenvalue weighted by molar-refractivity contribution is 6.01. The molecule has 1 saturated carbocycles. The van der Waals surface area contributed by atoms with Crippen LogP contribution in [0.2, 0.25) is 0 Å². The van der Waals surface area contributed by atoms with E-state index in [2.05, 4.69) is 65.3 Å². The third-order valence-corrected chi connectivity index (χ3v) is 12.9. The van der Waals surface area contributed by atoms with Gasteiger partial charge < -0.3 is 46.3 Å². The van der Waals surface area contributed by atoms with Gasteiger partial charge in [0.25, 0.3) is 0 Å². The van der Waals surface area contributed by atoms with Crippen molar-refractivity contribution in [2.45, 2.75) is 38.1 Å². The Balaban J connectivity index is 0.000000193. The maximum absolute atomic E-state index is 13.0. The molecule has 3 aliphatic rings. The summed E-state index contributed by atoms with van der Waals surface area (Å²) in [6.45, 7) is 10.5. The number of nitrogens with one attached hydrogen (secondary N) is 4. The monoisotopic (exact) mass is 968 g/mol. The fraction of sp³-hybridized carbons (Fsp3) is 0.281. The number of hydrogen-bond donors (Lipinski definition) is 5. The number of aromatic nitrogens is 2. The number of ether oxygens (including phenoxy) is 2. The summed E-state index contributed by atoms with van der Waals surface area (Å²) in [5.41, 5.74) is 15.9. The Morgan fingerprint density at radius 1 is 0.708 bits per heavy atom. The maximum Gasteiger partial charge on any atom is 0.241 e. The number of nitrogens with two attached hydrogens (primary N) is 1. The van der Waals surface area contributed by atoms with Gasteiger partial charge in [0, 0.05) is 77.6 Å². The number of morpholine rings is 2. The second kappa shape index (κ2) is 24.3. The van der Waals surface area contributed by atoms with Gasteiger partial charge in [0.2, 0.25) is 17.8 Å². The van der Waals surface area contributed by atoms with Crippen LogP contribution in [0.3, 0.4) is 0 Å². The van der Waals surface area contributed by atoms with Crippen molar-refractivity contribution < 1.29 is 19.1 Å². The van der Waals surface area contributed by atoms with E-state index < -0.39 is 5.41 Å². The van der Waals surface area contributed by atoms with Gasteiger partial charge in [-0.05, 0) is 131 Å². The second-order valence-corrected chi connectivity index (χ2v) is 18.1. The van der Waals surface area contributed by atoms with Gasteiger partial charge in [-0.1, -0.05) is 66.7 Å². The molecular weight excluding hydrogens is 903 g/mol. The molecule has 9 rings (SSSR count). The van der Waals surface area contributed by atoms with Gasteiger partial charge in [-0.2, -0.15) is 0 Å². The standard InChI is InChI=1S/C30H29N5O2.C27H36N6O2/c36-28(30(15-16-30)23-4-2-1-3-5-23)32-24-8-6-22(7-9-24)27-14-17-31-29(34-27)33-25-10-12-26(13-11-25)35-18-20-37-21-19-35;1-5-6-7-25(21-8-10-22(11-9-21)29-26(34)20(2)32(3)4)31-27(28)30-23-12-14-24(15-13-23)33-16-18-35-19-17-33/h1-14,17H,15-16,18-21H2,(H,32,36)(H,31,33,34);5-15,20H,16-19H2,1-4H3,(H,29,34)(H3,28,30,31)/b;6-5-,25-7-. The van der Waals surface area contributed by atoms with Crippen LogP contribution in [-0.4, -0.2) is 105 Å². The van der Waals surface area contributed by atoms with E-state index in [0.29, 0.717) is 11.6 Å². The second-order valence-electron chi connectivity index (χ2n) is 18.1. The highest BCUT2D eigenvalue weighted by Crippen LogP contribution is 2.49. The molecule has 15 heteroatoms. The van der Waals surface area contributed by atoms with Crippen molar-refractivity contribution in [1.82, 2.24) is 14.9 Å². The number of anilines is 7. The molecule has 2 aliphatic heterocycles. The van der Waals surface area contributed by atoms with Gasteiger partial charge in [-0.15, -0.1) is 0 Å². The number of nitrogens with zero attached hydrogens (tertiary/aromatic N) is 6. The smallest absolute Gasteiger partial charge is 0.241 e. The van der Waals surface area contributed by atoms with E-state index in [-0.39, 0.29) is 23.8 Å². The molecule has 6 N–H and O–H groups in total. The quantitative estimate of drug-likeness (QED) is 0.0376. The Morgan fingerprint density at radius 3 is 1.82 bits per heavy atom. The molecule has 3 fully saturated rings. The minimum absolute atomic E-state index is 0.0552. The van der Waals surface area contributed by atoms with E-state index in [4.69, 9.17) is 20.2 Å². The molecule has 0 radical (unpaired) electrons. The average molecular weight is 968 g/mol. The van der Waals surface area contributed by atoms with Gasteiger partial charge in [0.1, 0.15) is 0 Å². The summed E-state index contributed by atoms with van der Waals surface area (Å²) in [5, 5.41) is 12.5. The van der Waals surface area contributed by atoms with Crippen molar-refractivity contribution in [1.29, 1.82) is 0 Å². The first-order valence-corrected chi connectivity index (χ1v) is 24.5. The van der Waals surface area contributed by atoms with Crippen LogP contribution in [0.4, 0.5) is 40.1 Å². The summed E-state index contributed by atoms with van der Waals surface area (Å²) in [6, 6.07) is 43.5. The Labute approximate surface area is 422 Å². The lowest BCUT2D eigenvalue weighted by Crippen LogP contribution is -2.37. The third-order valence-electron chi connectivity index (χ3n) is 12.9. The highest BCUT2D eigenvalue weighted by Gasteiger charge is 2.51. The number of aliphatic imine (C=N–C) groups is 1. The lowest BCUT2D eigenvalue weighted by molar-refractivity contribution is -0.120. The minimum Gasteiger partial charge on any atom is -0.378 e. The first-order chi connectivity index (χ1) is 35.1. The van der Waals surface area contributed by atoms with Gasteiger partial charge in [0.15, 0.2) is 5.96 Å². The molecule has 72 heavy (non-hydrogen) atoms. The summed E-state index contributed by atoms with van der Waals surface area (Å²) in [4.78, 5) is 45.5. The molecule has 2 amide bonds. The van der Waals surface area contributed by atoms with E-state index in [0.717, 1.165) is 116 Å². The van der Waals surface area contributed by atoms with Crippen LogP contribution < -0.4 is 36.8 Å². The van der Waals surface area contributed by atoms with E-state index >= 15 is 0 Å². The molecular formula is C57H65N11O4. The summed E-state index contributed by atoms with van der Waals surface area (Å²) in [6.07, 6.45) is 9.26. The van der Waals surface area contributed by atoms with Crippen LogP contribution >= 0.6 is 0 Å². The molecule has 5 aromatic carbocycles. The lowest BCUT2D eigenvalue weighted by atomic mass is 9.95. The van der Waals surface area contributed by atoms with Crippen molar-refractivity contribution in [2.75, 3.05) is 97.8 Å². The summed E-state index contributed by atoms with van der Waals surface area (Å²) >= 11 is 0. The van der Waals surface area contributed by atoms with Crippen LogP contribution in [0.15, 0.2) is 163 Å². The van der Waals surface area contributed by atoms with Crippen molar-refractivity contribution in [2.24, 2.45) is 10.7 Å². The van der Waals surface area contributed by atoms with Gasteiger partial charge in [-0.3, -0.25) is 14.5 Å². The van der Waals surface area contributed by atoms with E-state index in [9.17, 15) is 9.59 Å². The topological polar surface area (TPSA) is 175 Å². The SMILES string of the molecule is C/C=C\C=C(/N=C(N)Nc1ccc(N2CCOCC2)cc1)c1ccc(NC(=O)C(C)N(C)C)cc1.O=C(Nc1ccc(-c2ccnc(Nc3ccc(N4CCOCC4)cc3)n2)cc1)C1(c2ccccc2)CC1. The Kier molecular flexibility index (Phi) is 17.1. The minimum atomic E-state index is -0.395. The van der Waals surface area contributed by atoms with Crippen LogP contribution in [0.25, 0.3) is 17.0 Å². The molecule has 1 aromatic heterocycles. The summed E-state index contributed by atoms with van der Waals surface area (Å²) < 4.78 is 10.9. The van der Waals surface area contributed by atoms with Crippen LogP contribution in [-0.2, 0) is 24.5 Å². The third kappa shape index (κ3) is 13.5. The molecule has 2 saturated heterocycles. The number of amides is 2. The van der Waals surface area contributed by atoms with Crippen molar-refractivity contribution in [3.63, 3.8) is 0 Å². The molecule has 6 aromatic rings. The van der Waals surface area contributed by atoms with Gasteiger partial charge in [0.05, 0.1) is 49.3 Å². The maximum atomic E-state index is 13.0. The molecule has 0 bridgehead atoms. The number of carbonyl (C=O) groups is 2. The van der Waals surface area contributed by atoms with Gasteiger partial charge >= 0.3 is 0 Å². The molecule has 1 unspecified atom stereocenters. The molecule has 3 heterocycles. The van der Waals surface area contributed by atoms with Crippen LogP contribution in [0.5, 0.6) is 0 Å². The van der Waals surface area contributed by atoms with E-state index in [1.54, 1.807) is 6.20 Å². The van der Waals surface area contributed by atoms with Crippen LogP contribution in [0, 0.1) is 0 Å². The first kappa shape index (κ1) is 50.5. The summed E-state index contributed by atoms with van der Waals surface area (Å²) in [7, 11) is 3.75. The number of allylic oxidation sites excluding steroid dienone is 3. The fourth-order valence-corrected chi connectivity index (χ4v) is 8.26. The largest absolute Gasteiger partial charge is 0.378 e. The van der Waals surface area contributed by atoms with E-state index in [1.807, 2.05) is 160 Å². The number of carbonyl (C=O) groups excluding carboxylic acids is 2. The number of hydrogen-bond acceptors (Lipinski definition) is 11. The predicted octanol–water partition coefficient (Wildman–Crippen LogP) is 9.15. The fourth-order valence-electron chi connectivity index (χ4n) is 8.26. The highest BCUT2D eigenvalue weighted by atomic mass is 16.5.